The maximum absolute atomic E-state index is 10.5. The monoisotopic (exact) mass is 127 g/mol. The molecule has 9 heavy (non-hydrogen) atoms. The second-order valence-electron chi connectivity index (χ2n) is 1.75. The number of hydrogen-bond acceptors (Lipinski definition) is 2. The van der Waals surface area contributed by atoms with Gasteiger partial charge in [0, 0.05) is 0 Å². The zero-order chi connectivity index (χ0) is 6.85. The van der Waals surface area contributed by atoms with Crippen molar-refractivity contribution >= 4 is 0 Å². The normalized spacial score (nSPS) is 9.44. The van der Waals surface area contributed by atoms with Crippen LogP contribution in [-0.4, -0.2) is 9.94 Å². The van der Waals surface area contributed by atoms with E-state index in [0.717, 1.165) is 0 Å². The van der Waals surface area contributed by atoms with Gasteiger partial charge in [0.15, 0.2) is 6.20 Å². The second kappa shape index (κ2) is 1.89. The van der Waals surface area contributed by atoms with Crippen molar-refractivity contribution in [3.63, 3.8) is 0 Å². The molecule has 0 fully saturated rings. The smallest absolute Gasteiger partial charge is 0.347 e. The topological polar surface area (TPSA) is 56.4 Å². The Labute approximate surface area is 51.4 Å². The van der Waals surface area contributed by atoms with E-state index in [-0.39, 0.29) is 0 Å². The molecule has 0 radical (unpaired) electrons. The lowest BCUT2D eigenvalue weighted by Gasteiger charge is -1.92. The minimum Gasteiger partial charge on any atom is -0.425 e. The van der Waals surface area contributed by atoms with Crippen molar-refractivity contribution in [2.75, 3.05) is 0 Å². The highest BCUT2D eigenvalue weighted by Gasteiger charge is 1.97. The molecule has 1 rings (SSSR count). The first kappa shape index (κ1) is 5.81. The minimum atomic E-state index is -0.449. The zero-order valence-electron chi connectivity index (χ0n) is 4.96. The van der Waals surface area contributed by atoms with Crippen molar-refractivity contribution in [3.8, 4) is 0 Å². The summed E-state index contributed by atoms with van der Waals surface area (Å²) < 4.78 is 0.580. The number of nitrogens with one attached hydrogen (secondary N) is 1. The first-order chi connectivity index (χ1) is 4.22. The van der Waals surface area contributed by atoms with Crippen LogP contribution in [0.15, 0.2) is 17.2 Å². The van der Waals surface area contributed by atoms with Crippen LogP contribution in [-0.2, 0) is 0 Å². The van der Waals surface area contributed by atoms with Crippen LogP contribution in [0.1, 0.15) is 5.69 Å². The molecule has 1 aromatic heterocycles. The van der Waals surface area contributed by atoms with Crippen LogP contribution in [0.3, 0.4) is 0 Å². The summed E-state index contributed by atoms with van der Waals surface area (Å²) in [5, 5.41) is 8.79. The summed E-state index contributed by atoms with van der Waals surface area (Å²) in [4.78, 5) is 13.1. The lowest BCUT2D eigenvalue weighted by atomic mass is 10.5. The molecule has 0 bridgehead atoms. The van der Waals surface area contributed by atoms with Crippen molar-refractivity contribution in [2.45, 2.75) is 6.92 Å². The van der Waals surface area contributed by atoms with Gasteiger partial charge in [-0.05, 0) is 6.92 Å². The van der Waals surface area contributed by atoms with Crippen molar-refractivity contribution in [2.24, 2.45) is 0 Å². The van der Waals surface area contributed by atoms with Gasteiger partial charge in [-0.1, -0.05) is 0 Å². The van der Waals surface area contributed by atoms with E-state index in [1.54, 1.807) is 6.92 Å². The van der Waals surface area contributed by atoms with E-state index in [2.05, 4.69) is 4.98 Å². The van der Waals surface area contributed by atoms with E-state index in [0.29, 0.717) is 10.4 Å². The molecule has 2 N–H and O–H groups in total. The standard InChI is InChI=1S/C5H6N2O2/c1-4-2-6-3-5(8)7(4)9/h2-3,9H,1H3/p+1. The Hall–Kier alpha value is -1.32. The van der Waals surface area contributed by atoms with E-state index < -0.39 is 5.56 Å². The molecule has 48 valence electrons. The molecule has 0 aliphatic heterocycles. The number of rotatable bonds is 0. The van der Waals surface area contributed by atoms with Gasteiger partial charge in [-0.15, -0.1) is 4.73 Å². The van der Waals surface area contributed by atoms with Gasteiger partial charge in [-0.25, -0.2) is 4.98 Å². The molecule has 0 aromatic carbocycles. The predicted octanol–water partition coefficient (Wildman–Crippen LogP) is -0.792. The molecular formula is C5H7N2O2+. The van der Waals surface area contributed by atoms with Gasteiger partial charge in [0.25, 0.3) is 0 Å². The molecule has 0 spiro atoms. The van der Waals surface area contributed by atoms with Crippen molar-refractivity contribution < 1.29 is 10.2 Å². The molecule has 4 nitrogen and oxygen atoms in total. The fourth-order valence-corrected chi connectivity index (χ4v) is 0.530. The minimum absolute atomic E-state index is 0.449. The fraction of sp³-hybridized carbons (Fsp3) is 0.200. The highest BCUT2D eigenvalue weighted by Crippen LogP contribution is 1.79. The van der Waals surface area contributed by atoms with Crippen molar-refractivity contribution in [3.05, 3.63) is 28.4 Å². The highest BCUT2D eigenvalue weighted by atomic mass is 16.5. The third-order valence-corrected chi connectivity index (χ3v) is 1.04. The number of hydrogen-bond donors (Lipinski definition) is 1. The van der Waals surface area contributed by atoms with E-state index in [4.69, 9.17) is 5.21 Å². The van der Waals surface area contributed by atoms with E-state index in [9.17, 15) is 4.79 Å². The van der Waals surface area contributed by atoms with Gasteiger partial charge < -0.3 is 5.21 Å². The molecule has 1 aromatic rings. The molecule has 0 unspecified atom stereocenters. The summed E-state index contributed by atoms with van der Waals surface area (Å²) in [6, 6.07) is 0. The molecule has 4 heteroatoms. The maximum atomic E-state index is 10.5. The Morgan fingerprint density at radius 2 is 2.33 bits per heavy atom. The molecule has 0 aliphatic rings. The molecule has 0 saturated heterocycles. The Morgan fingerprint density at radius 3 is 2.78 bits per heavy atom. The third-order valence-electron chi connectivity index (χ3n) is 1.04. The second-order valence-corrected chi connectivity index (χ2v) is 1.75. The average Bonchev–Trinajstić information content (AvgIpc) is 1.83. The predicted molar refractivity (Wildman–Crippen MR) is 29.2 cm³/mol. The number of aromatic nitrogens is 2. The molecule has 0 amide bonds. The van der Waals surface area contributed by atoms with Gasteiger partial charge in [0.2, 0.25) is 6.20 Å². The number of aryl methyl sites for hydroxylation is 1. The lowest BCUT2D eigenvalue weighted by Crippen LogP contribution is -2.25. The van der Waals surface area contributed by atoms with Crippen LogP contribution in [0.4, 0.5) is 0 Å². The van der Waals surface area contributed by atoms with Crippen molar-refractivity contribution in [1.29, 1.82) is 0 Å². The van der Waals surface area contributed by atoms with Crippen molar-refractivity contribution in [1.82, 2.24) is 4.73 Å². The quantitative estimate of drug-likeness (QED) is 0.464. The fourth-order valence-electron chi connectivity index (χ4n) is 0.530. The van der Waals surface area contributed by atoms with Gasteiger partial charge in [-0.2, -0.15) is 0 Å². The van der Waals surface area contributed by atoms with Gasteiger partial charge >= 0.3 is 5.56 Å². The highest BCUT2D eigenvalue weighted by molar-refractivity contribution is 4.86. The number of H-pyrrole nitrogens is 1. The Balaban J connectivity index is 3.43. The van der Waals surface area contributed by atoms with Crippen LogP contribution in [0.2, 0.25) is 0 Å². The molecule has 0 aliphatic carbocycles. The first-order valence-corrected chi connectivity index (χ1v) is 2.51. The summed E-state index contributed by atoms with van der Waals surface area (Å²) in [6.45, 7) is 1.62. The van der Waals surface area contributed by atoms with E-state index >= 15 is 0 Å². The molecule has 0 atom stereocenters. The van der Waals surface area contributed by atoms with Gasteiger partial charge in [0.05, 0.1) is 0 Å². The Bertz CT molecular complexity index is 266. The van der Waals surface area contributed by atoms with Crippen LogP contribution < -0.4 is 10.5 Å². The SMILES string of the molecule is Cc1c[nH+]cc(=O)n1O. The Kier molecular flexibility index (Phi) is 1.22. The Morgan fingerprint density at radius 1 is 1.67 bits per heavy atom. The van der Waals surface area contributed by atoms with Crippen LogP contribution in [0.25, 0.3) is 0 Å². The summed E-state index contributed by atoms with van der Waals surface area (Å²) in [5.74, 6) is 0. The largest absolute Gasteiger partial charge is 0.425 e. The summed E-state index contributed by atoms with van der Waals surface area (Å²) in [6.07, 6.45) is 2.70. The van der Waals surface area contributed by atoms with Gasteiger partial charge in [0.1, 0.15) is 5.69 Å². The molecule has 1 heterocycles. The third kappa shape index (κ3) is 0.910. The summed E-state index contributed by atoms with van der Waals surface area (Å²) in [5.41, 5.74) is 0.0394. The maximum Gasteiger partial charge on any atom is 0.347 e. The lowest BCUT2D eigenvalue weighted by molar-refractivity contribution is -0.382. The average molecular weight is 127 g/mol. The van der Waals surface area contributed by atoms with Gasteiger partial charge in [-0.3, -0.25) is 4.79 Å². The summed E-state index contributed by atoms with van der Waals surface area (Å²) in [7, 11) is 0. The van der Waals surface area contributed by atoms with Crippen LogP contribution >= 0.6 is 0 Å². The van der Waals surface area contributed by atoms with E-state index in [1.807, 2.05) is 0 Å². The molecule has 0 saturated carbocycles. The summed E-state index contributed by atoms with van der Waals surface area (Å²) >= 11 is 0. The number of nitrogens with zero attached hydrogens (tertiary/aromatic N) is 1. The van der Waals surface area contributed by atoms with E-state index in [1.165, 1.54) is 12.4 Å². The van der Waals surface area contributed by atoms with Crippen LogP contribution in [0.5, 0.6) is 0 Å². The molecular weight excluding hydrogens is 120 g/mol. The van der Waals surface area contributed by atoms with Crippen LogP contribution in [0, 0.1) is 6.92 Å². The first-order valence-electron chi connectivity index (χ1n) is 2.51. The number of aromatic amines is 1. The zero-order valence-corrected chi connectivity index (χ0v) is 4.96.